The molecule has 0 aliphatic heterocycles. The Kier molecular flexibility index (Phi) is 9.34. The summed E-state index contributed by atoms with van der Waals surface area (Å²) in [5, 5.41) is 16.4. The molecule has 4 N–H and O–H groups in total. The molecule has 3 aromatic rings. The Labute approximate surface area is 215 Å². The van der Waals surface area contributed by atoms with E-state index in [1.807, 2.05) is 42.5 Å². The summed E-state index contributed by atoms with van der Waals surface area (Å²) >= 11 is 0. The Morgan fingerprint density at radius 2 is 1.59 bits per heavy atom. The minimum atomic E-state index is -4.21. The zero-order valence-corrected chi connectivity index (χ0v) is 21.2. The number of hydrogen-bond donors (Lipinski definition) is 4. The lowest BCUT2D eigenvalue weighted by Crippen LogP contribution is -2.55. The summed E-state index contributed by atoms with van der Waals surface area (Å²) in [6.45, 7) is 1.75. The molecule has 3 aromatic carbocycles. The topological polar surface area (TPSA) is 151 Å². The van der Waals surface area contributed by atoms with E-state index in [9.17, 15) is 27.9 Å². The van der Waals surface area contributed by atoms with Gasteiger partial charge in [0.25, 0.3) is 0 Å². The van der Waals surface area contributed by atoms with E-state index >= 15 is 0 Å². The van der Waals surface area contributed by atoms with Crippen molar-refractivity contribution in [3.05, 3.63) is 77.9 Å². The Bertz CT molecular complexity index is 1370. The zero-order valence-electron chi connectivity index (χ0n) is 20.4. The summed E-state index contributed by atoms with van der Waals surface area (Å²) in [4.78, 5) is 37.1. The molecule has 0 aliphatic carbocycles. The number of carboxylic acids is 1. The predicted octanol–water partition coefficient (Wildman–Crippen LogP) is 1.72. The molecule has 0 bridgehead atoms. The van der Waals surface area contributed by atoms with Gasteiger partial charge in [-0.3, -0.25) is 14.4 Å². The van der Waals surface area contributed by atoms with Gasteiger partial charge in [0.05, 0.1) is 17.9 Å². The fourth-order valence-electron chi connectivity index (χ4n) is 3.71. The van der Waals surface area contributed by atoms with Crippen molar-refractivity contribution in [3.63, 3.8) is 0 Å². The zero-order chi connectivity index (χ0) is 27.0. The van der Waals surface area contributed by atoms with Crippen molar-refractivity contribution < 1.29 is 32.6 Å². The van der Waals surface area contributed by atoms with Gasteiger partial charge >= 0.3 is 5.97 Å². The summed E-state index contributed by atoms with van der Waals surface area (Å²) in [5.41, 5.74) is 1.69. The molecule has 0 aromatic heterocycles. The number of methoxy groups -OCH3 is 1. The fraction of sp³-hybridized carbons (Fsp3) is 0.269. The van der Waals surface area contributed by atoms with Crippen molar-refractivity contribution in [3.8, 4) is 0 Å². The van der Waals surface area contributed by atoms with E-state index in [0.29, 0.717) is 0 Å². The second kappa shape index (κ2) is 12.4. The number of carbonyl (C=O) groups excluding carboxylic acids is 2. The summed E-state index contributed by atoms with van der Waals surface area (Å²) in [5.74, 6) is -2.94. The molecule has 196 valence electrons. The number of aryl methyl sites for hydroxylation is 1. The maximum absolute atomic E-state index is 12.9. The second-order valence-electron chi connectivity index (χ2n) is 8.46. The van der Waals surface area contributed by atoms with Crippen LogP contribution in [0.2, 0.25) is 0 Å². The van der Waals surface area contributed by atoms with E-state index in [0.717, 1.165) is 21.9 Å². The third-order valence-corrected chi connectivity index (χ3v) is 7.11. The van der Waals surface area contributed by atoms with Crippen LogP contribution in [0.3, 0.4) is 0 Å². The number of carboxylic acid groups (broad SMARTS) is 1. The summed E-state index contributed by atoms with van der Waals surface area (Å²) in [6, 6.07) is 16.4. The van der Waals surface area contributed by atoms with Crippen molar-refractivity contribution in [1.82, 2.24) is 15.4 Å². The number of benzene rings is 3. The van der Waals surface area contributed by atoms with Crippen molar-refractivity contribution in [2.45, 2.75) is 36.9 Å². The van der Waals surface area contributed by atoms with Crippen LogP contribution in [0.5, 0.6) is 0 Å². The van der Waals surface area contributed by atoms with Crippen molar-refractivity contribution in [1.29, 1.82) is 0 Å². The molecule has 10 nitrogen and oxygen atoms in total. The molecule has 0 radical (unpaired) electrons. The van der Waals surface area contributed by atoms with E-state index < -0.39 is 46.3 Å². The Hall–Kier alpha value is -3.80. The van der Waals surface area contributed by atoms with Crippen LogP contribution in [0.25, 0.3) is 10.8 Å². The Balaban J connectivity index is 1.72. The van der Waals surface area contributed by atoms with Crippen LogP contribution in [-0.4, -0.2) is 57.1 Å². The van der Waals surface area contributed by atoms with E-state index in [2.05, 4.69) is 15.4 Å². The molecule has 0 heterocycles. The van der Waals surface area contributed by atoms with Crippen LogP contribution in [0, 0.1) is 6.92 Å². The number of nitrogens with one attached hydrogen (secondary N) is 3. The SMILES string of the molecule is COCC(NC(=O)C(CC(=O)O)NS(=O)(=O)c1ccc(C)cc1)C(=O)NCc1cccc2ccccc12. The van der Waals surface area contributed by atoms with Crippen LogP contribution >= 0.6 is 0 Å². The molecular formula is C26H29N3O7S. The lowest BCUT2D eigenvalue weighted by molar-refractivity contribution is -0.140. The van der Waals surface area contributed by atoms with E-state index in [4.69, 9.17) is 4.74 Å². The lowest BCUT2D eigenvalue weighted by Gasteiger charge is -2.22. The average Bonchev–Trinajstić information content (AvgIpc) is 2.86. The van der Waals surface area contributed by atoms with Gasteiger partial charge in [-0.25, -0.2) is 8.42 Å². The predicted molar refractivity (Wildman–Crippen MR) is 137 cm³/mol. The quantitative estimate of drug-likeness (QED) is 0.280. The number of rotatable bonds is 12. The number of carbonyl (C=O) groups is 3. The highest BCUT2D eigenvalue weighted by atomic mass is 32.2. The smallest absolute Gasteiger partial charge is 0.305 e. The Morgan fingerprint density at radius 1 is 0.919 bits per heavy atom. The van der Waals surface area contributed by atoms with Gasteiger partial charge in [0.1, 0.15) is 12.1 Å². The van der Waals surface area contributed by atoms with Gasteiger partial charge in [0.15, 0.2) is 0 Å². The highest BCUT2D eigenvalue weighted by Crippen LogP contribution is 2.18. The second-order valence-corrected chi connectivity index (χ2v) is 10.2. The fourth-order valence-corrected chi connectivity index (χ4v) is 4.90. The van der Waals surface area contributed by atoms with Gasteiger partial charge in [0, 0.05) is 13.7 Å². The van der Waals surface area contributed by atoms with E-state index in [1.165, 1.54) is 19.2 Å². The molecule has 0 aliphatic rings. The summed E-state index contributed by atoms with van der Waals surface area (Å²) in [7, 11) is -2.87. The van der Waals surface area contributed by atoms with Crippen LogP contribution in [0.4, 0.5) is 0 Å². The number of sulfonamides is 1. The van der Waals surface area contributed by atoms with Gasteiger partial charge in [-0.05, 0) is 35.4 Å². The molecule has 2 amide bonds. The van der Waals surface area contributed by atoms with E-state index in [1.54, 1.807) is 19.1 Å². The van der Waals surface area contributed by atoms with Gasteiger partial charge in [-0.1, -0.05) is 60.2 Å². The van der Waals surface area contributed by atoms with Crippen molar-refractivity contribution in [2.24, 2.45) is 0 Å². The summed E-state index contributed by atoms with van der Waals surface area (Å²) in [6.07, 6.45) is -0.825. The number of aliphatic carboxylic acids is 1. The monoisotopic (exact) mass is 527 g/mol. The molecule has 2 atom stereocenters. The van der Waals surface area contributed by atoms with Crippen molar-refractivity contribution in [2.75, 3.05) is 13.7 Å². The van der Waals surface area contributed by atoms with Crippen molar-refractivity contribution >= 4 is 38.6 Å². The normalized spacial score (nSPS) is 13.0. The molecule has 11 heteroatoms. The first-order chi connectivity index (χ1) is 17.6. The molecule has 37 heavy (non-hydrogen) atoms. The van der Waals surface area contributed by atoms with Crippen LogP contribution in [0.15, 0.2) is 71.6 Å². The lowest BCUT2D eigenvalue weighted by atomic mass is 10.0. The minimum Gasteiger partial charge on any atom is -0.481 e. The largest absolute Gasteiger partial charge is 0.481 e. The first-order valence-corrected chi connectivity index (χ1v) is 12.9. The molecule has 0 saturated carbocycles. The standard InChI is InChI=1S/C26H29N3O7S/c1-17-10-12-20(13-11-17)37(34,35)29-22(14-24(30)31)26(33)28-23(16-36-2)25(32)27-15-19-8-5-7-18-6-3-4-9-21(18)19/h3-13,22-23,29H,14-16H2,1-2H3,(H,27,32)(H,28,33)(H,30,31). The average molecular weight is 528 g/mol. The van der Waals surface area contributed by atoms with E-state index in [-0.39, 0.29) is 18.0 Å². The first kappa shape index (κ1) is 27.8. The number of ether oxygens (including phenoxy) is 1. The van der Waals surface area contributed by atoms with Gasteiger partial charge in [-0.2, -0.15) is 4.72 Å². The highest BCUT2D eigenvalue weighted by molar-refractivity contribution is 7.89. The molecule has 0 saturated heterocycles. The molecule has 3 rings (SSSR count). The third-order valence-electron chi connectivity index (χ3n) is 5.62. The molecular weight excluding hydrogens is 498 g/mol. The number of fused-ring (bicyclic) bond motifs is 1. The molecule has 0 fully saturated rings. The highest BCUT2D eigenvalue weighted by Gasteiger charge is 2.31. The van der Waals surface area contributed by atoms with Gasteiger partial charge in [0.2, 0.25) is 21.8 Å². The molecule has 2 unspecified atom stereocenters. The number of hydrogen-bond acceptors (Lipinski definition) is 6. The first-order valence-electron chi connectivity index (χ1n) is 11.4. The molecule has 0 spiro atoms. The van der Waals surface area contributed by atoms with Gasteiger partial charge < -0.3 is 20.5 Å². The minimum absolute atomic E-state index is 0.123. The number of amides is 2. The maximum Gasteiger partial charge on any atom is 0.305 e. The maximum atomic E-state index is 12.9. The van der Waals surface area contributed by atoms with Crippen LogP contribution in [0.1, 0.15) is 17.5 Å². The summed E-state index contributed by atoms with van der Waals surface area (Å²) < 4.78 is 32.7. The van der Waals surface area contributed by atoms with Crippen LogP contribution < -0.4 is 15.4 Å². The Morgan fingerprint density at radius 3 is 2.27 bits per heavy atom. The third kappa shape index (κ3) is 7.59. The van der Waals surface area contributed by atoms with Crippen LogP contribution in [-0.2, 0) is 35.7 Å². The van der Waals surface area contributed by atoms with Gasteiger partial charge in [-0.15, -0.1) is 0 Å².